The van der Waals surface area contributed by atoms with Crippen molar-refractivity contribution in [2.45, 2.75) is 17.6 Å². The molecular formula is C25H20N2O2. The molecule has 4 atom stereocenters. The number of rotatable bonds is 3. The molecule has 6 rings (SSSR count). The van der Waals surface area contributed by atoms with Crippen molar-refractivity contribution >= 4 is 11.6 Å². The van der Waals surface area contributed by atoms with Crippen LogP contribution in [0.4, 0.5) is 5.69 Å². The molecule has 3 aromatic rings. The van der Waals surface area contributed by atoms with E-state index in [1.54, 1.807) is 12.4 Å². The maximum Gasteiger partial charge on any atom is 0.234 e. The number of ether oxygens (including phenoxy) is 1. The van der Waals surface area contributed by atoms with Gasteiger partial charge in [0.1, 0.15) is 5.60 Å². The molecule has 0 N–H and O–H groups in total. The van der Waals surface area contributed by atoms with Crippen molar-refractivity contribution in [2.24, 2.45) is 5.92 Å². The smallest absolute Gasteiger partial charge is 0.234 e. The van der Waals surface area contributed by atoms with Crippen molar-refractivity contribution in [3.05, 3.63) is 96.8 Å². The fourth-order valence-electron chi connectivity index (χ4n) is 5.15. The number of hydrogen-bond acceptors (Lipinski definition) is 3. The van der Waals surface area contributed by atoms with Gasteiger partial charge in [-0.25, -0.2) is 0 Å². The van der Waals surface area contributed by atoms with Crippen LogP contribution in [-0.2, 0) is 9.53 Å². The predicted molar refractivity (Wildman–Crippen MR) is 111 cm³/mol. The van der Waals surface area contributed by atoms with Crippen LogP contribution < -0.4 is 4.90 Å². The number of pyridine rings is 1. The molecule has 1 amide bonds. The molecule has 0 radical (unpaired) electrons. The molecule has 1 aromatic heterocycles. The molecule has 0 saturated carbocycles. The Morgan fingerprint density at radius 3 is 2.41 bits per heavy atom. The fourth-order valence-corrected chi connectivity index (χ4v) is 5.15. The van der Waals surface area contributed by atoms with Gasteiger partial charge in [0, 0.05) is 24.0 Å². The highest BCUT2D eigenvalue weighted by atomic mass is 16.5. The lowest BCUT2D eigenvalue weighted by Gasteiger charge is -2.24. The first-order valence-electron chi connectivity index (χ1n) is 9.99. The zero-order valence-electron chi connectivity index (χ0n) is 15.8. The van der Waals surface area contributed by atoms with E-state index in [0.717, 1.165) is 16.8 Å². The molecule has 2 bridgehead atoms. The van der Waals surface area contributed by atoms with E-state index in [9.17, 15) is 4.79 Å². The molecule has 0 aliphatic carbocycles. The van der Waals surface area contributed by atoms with Crippen LogP contribution in [0.3, 0.4) is 0 Å². The molecule has 4 heterocycles. The number of benzene rings is 2. The Bertz CT molecular complexity index is 1090. The van der Waals surface area contributed by atoms with E-state index in [-0.39, 0.29) is 23.8 Å². The van der Waals surface area contributed by atoms with Crippen LogP contribution in [0.5, 0.6) is 0 Å². The van der Waals surface area contributed by atoms with Gasteiger partial charge in [0.05, 0.1) is 18.6 Å². The van der Waals surface area contributed by atoms with Gasteiger partial charge in [-0.15, -0.1) is 0 Å². The molecule has 0 unspecified atom stereocenters. The number of carbonyl (C=O) groups excluding carboxylic acids is 1. The number of aromatic nitrogens is 1. The molecule has 1 spiro atoms. The standard InChI is InChI=1S/C25H20N2O2/c28-24-23-22(19-11-14-26-15-12-19)21-10-13-25(23,29-21)16-27(24)20-8-6-18(7-9-20)17-4-2-1-3-5-17/h1-15,21-23H,16H2/t21-,22+,23-,25+/m1/s1. The summed E-state index contributed by atoms with van der Waals surface area (Å²) in [5, 5.41) is 0. The minimum absolute atomic E-state index is 0.0334. The van der Waals surface area contributed by atoms with Crippen LogP contribution in [0.25, 0.3) is 11.1 Å². The van der Waals surface area contributed by atoms with Gasteiger partial charge >= 0.3 is 0 Å². The second-order valence-electron chi connectivity index (χ2n) is 8.02. The molecule has 29 heavy (non-hydrogen) atoms. The lowest BCUT2D eigenvalue weighted by molar-refractivity contribution is -0.121. The number of nitrogens with zero attached hydrogens (tertiary/aromatic N) is 2. The quantitative estimate of drug-likeness (QED) is 0.640. The zero-order chi connectivity index (χ0) is 19.4. The summed E-state index contributed by atoms with van der Waals surface area (Å²) in [5.74, 6) is 0.00363. The topological polar surface area (TPSA) is 42.4 Å². The van der Waals surface area contributed by atoms with Crippen molar-refractivity contribution in [3.8, 4) is 11.1 Å². The summed E-state index contributed by atoms with van der Waals surface area (Å²) in [6.45, 7) is 0.565. The van der Waals surface area contributed by atoms with E-state index in [2.05, 4.69) is 41.4 Å². The average Bonchev–Trinajstić information content (AvgIpc) is 3.43. The molecular weight excluding hydrogens is 360 g/mol. The monoisotopic (exact) mass is 380 g/mol. The molecule has 142 valence electrons. The molecule has 3 aliphatic heterocycles. The first-order chi connectivity index (χ1) is 14.3. The second-order valence-corrected chi connectivity index (χ2v) is 8.02. The third-order valence-electron chi connectivity index (χ3n) is 6.48. The van der Waals surface area contributed by atoms with Crippen LogP contribution in [-0.4, -0.2) is 29.1 Å². The largest absolute Gasteiger partial charge is 0.360 e. The van der Waals surface area contributed by atoms with Gasteiger partial charge in [-0.1, -0.05) is 54.6 Å². The summed E-state index contributed by atoms with van der Waals surface area (Å²) in [7, 11) is 0. The van der Waals surface area contributed by atoms with Crippen LogP contribution in [0.2, 0.25) is 0 Å². The van der Waals surface area contributed by atoms with Crippen molar-refractivity contribution in [3.63, 3.8) is 0 Å². The molecule has 3 aliphatic rings. The third-order valence-corrected chi connectivity index (χ3v) is 6.48. The van der Waals surface area contributed by atoms with E-state index in [1.807, 2.05) is 47.4 Å². The van der Waals surface area contributed by atoms with Crippen LogP contribution in [0.1, 0.15) is 11.5 Å². The second kappa shape index (κ2) is 6.13. The first-order valence-corrected chi connectivity index (χ1v) is 9.99. The van der Waals surface area contributed by atoms with Gasteiger partial charge in [0.25, 0.3) is 0 Å². The molecule has 2 aromatic carbocycles. The van der Waals surface area contributed by atoms with E-state index < -0.39 is 5.60 Å². The fraction of sp³-hybridized carbons (Fsp3) is 0.200. The summed E-state index contributed by atoms with van der Waals surface area (Å²) in [4.78, 5) is 19.5. The van der Waals surface area contributed by atoms with Gasteiger partial charge in [-0.2, -0.15) is 0 Å². The highest BCUT2D eigenvalue weighted by Gasteiger charge is 2.65. The minimum atomic E-state index is -0.520. The zero-order valence-corrected chi connectivity index (χ0v) is 15.8. The summed E-state index contributed by atoms with van der Waals surface area (Å²) in [6.07, 6.45) is 7.77. The minimum Gasteiger partial charge on any atom is -0.360 e. The van der Waals surface area contributed by atoms with Crippen molar-refractivity contribution in [2.75, 3.05) is 11.4 Å². The Morgan fingerprint density at radius 2 is 1.66 bits per heavy atom. The van der Waals surface area contributed by atoms with Gasteiger partial charge in [0.2, 0.25) is 5.91 Å². The van der Waals surface area contributed by atoms with Gasteiger partial charge < -0.3 is 9.64 Å². The number of fused-ring (bicyclic) bond motifs is 1. The van der Waals surface area contributed by atoms with Gasteiger partial charge in [-0.3, -0.25) is 9.78 Å². The third kappa shape index (κ3) is 2.42. The Hall–Kier alpha value is -3.24. The van der Waals surface area contributed by atoms with Gasteiger partial charge in [0.15, 0.2) is 0 Å². The first kappa shape index (κ1) is 16.7. The average molecular weight is 380 g/mol. The molecule has 2 fully saturated rings. The van der Waals surface area contributed by atoms with E-state index >= 15 is 0 Å². The Morgan fingerprint density at radius 1 is 0.931 bits per heavy atom. The number of carbonyl (C=O) groups is 1. The van der Waals surface area contributed by atoms with Crippen LogP contribution >= 0.6 is 0 Å². The van der Waals surface area contributed by atoms with E-state index in [1.165, 1.54) is 5.56 Å². The summed E-state index contributed by atoms with van der Waals surface area (Å²) in [5.41, 5.74) is 3.84. The predicted octanol–water partition coefficient (Wildman–Crippen LogP) is 4.20. The SMILES string of the molecule is O=C1[C@H]2[C@@H](c3ccncc3)[C@H]3C=C[C@@]2(CN1c1ccc(-c2ccccc2)cc1)O3. The lowest BCUT2D eigenvalue weighted by atomic mass is 9.74. The molecule has 2 saturated heterocycles. The Labute approximate surface area is 169 Å². The molecule has 4 nitrogen and oxygen atoms in total. The maximum atomic E-state index is 13.5. The van der Waals surface area contributed by atoms with Gasteiger partial charge in [-0.05, 0) is 41.0 Å². The molecule has 4 heteroatoms. The highest BCUT2D eigenvalue weighted by molar-refractivity contribution is 6.00. The van der Waals surface area contributed by atoms with E-state index in [0.29, 0.717) is 6.54 Å². The number of anilines is 1. The summed E-state index contributed by atoms with van der Waals surface area (Å²) >= 11 is 0. The normalized spacial score (nSPS) is 29.4. The lowest BCUT2D eigenvalue weighted by Crippen LogP contribution is -2.34. The van der Waals surface area contributed by atoms with Crippen LogP contribution in [0.15, 0.2) is 91.3 Å². The van der Waals surface area contributed by atoms with E-state index in [4.69, 9.17) is 4.74 Å². The highest BCUT2D eigenvalue weighted by Crippen LogP contribution is 2.56. The van der Waals surface area contributed by atoms with Crippen molar-refractivity contribution in [1.29, 1.82) is 0 Å². The van der Waals surface area contributed by atoms with Crippen LogP contribution in [0, 0.1) is 5.92 Å². The Balaban J connectivity index is 1.33. The number of amides is 1. The summed E-state index contributed by atoms with van der Waals surface area (Å²) < 4.78 is 6.37. The number of hydrogen-bond donors (Lipinski definition) is 0. The van der Waals surface area contributed by atoms with Crippen molar-refractivity contribution < 1.29 is 9.53 Å². The summed E-state index contributed by atoms with van der Waals surface area (Å²) in [6, 6.07) is 22.5. The maximum absolute atomic E-state index is 13.5. The van der Waals surface area contributed by atoms with Crippen molar-refractivity contribution in [1.82, 2.24) is 4.98 Å². The Kier molecular flexibility index (Phi) is 3.53.